The molecule has 1 aliphatic rings. The summed E-state index contributed by atoms with van der Waals surface area (Å²) in [6.45, 7) is 5.33. The van der Waals surface area contributed by atoms with Crippen LogP contribution in [0, 0.1) is 6.92 Å². The number of amides is 1. The van der Waals surface area contributed by atoms with Gasteiger partial charge in [-0.2, -0.15) is 5.10 Å². The molecule has 0 aliphatic carbocycles. The van der Waals surface area contributed by atoms with Crippen LogP contribution in [0.1, 0.15) is 31.9 Å². The predicted molar refractivity (Wildman–Crippen MR) is 69.7 cm³/mol. The van der Waals surface area contributed by atoms with Crippen molar-refractivity contribution in [2.45, 2.75) is 45.7 Å². The summed E-state index contributed by atoms with van der Waals surface area (Å²) in [5.74, 6) is 0.177. The minimum Gasteiger partial charge on any atom is -0.338 e. The third-order valence-corrected chi connectivity index (χ3v) is 4.23. The van der Waals surface area contributed by atoms with Gasteiger partial charge in [0.05, 0.1) is 16.4 Å². The number of hydrogen-bond donors (Lipinski definition) is 0. The van der Waals surface area contributed by atoms with Gasteiger partial charge in [-0.25, -0.2) is 0 Å². The van der Waals surface area contributed by atoms with Crippen LogP contribution in [0.15, 0.2) is 10.7 Å². The van der Waals surface area contributed by atoms with Gasteiger partial charge in [-0.1, -0.05) is 0 Å². The third kappa shape index (κ3) is 2.70. The van der Waals surface area contributed by atoms with Crippen LogP contribution in [-0.2, 0) is 11.3 Å². The molecule has 1 aromatic rings. The Kier molecular flexibility index (Phi) is 3.86. The Balaban J connectivity index is 2.03. The van der Waals surface area contributed by atoms with Crippen LogP contribution in [0.25, 0.3) is 0 Å². The average Bonchev–Trinajstić information content (AvgIpc) is 2.61. The summed E-state index contributed by atoms with van der Waals surface area (Å²) in [5.41, 5.74) is 1.00. The number of piperidine rings is 1. The number of carbonyl (C=O) groups is 1. The van der Waals surface area contributed by atoms with Gasteiger partial charge in [-0.05, 0) is 49.0 Å². The van der Waals surface area contributed by atoms with E-state index in [1.807, 2.05) is 11.8 Å². The number of likely N-dealkylation sites (tertiary alicyclic amines) is 1. The molecule has 1 aromatic heterocycles. The molecule has 1 atom stereocenters. The first-order chi connectivity index (χ1) is 8.09. The van der Waals surface area contributed by atoms with Crippen molar-refractivity contribution in [3.8, 4) is 0 Å². The number of aromatic nitrogens is 2. The number of nitrogens with zero attached hydrogens (tertiary/aromatic N) is 3. The molecule has 0 unspecified atom stereocenters. The van der Waals surface area contributed by atoms with Crippen molar-refractivity contribution in [2.75, 3.05) is 6.54 Å². The summed E-state index contributed by atoms with van der Waals surface area (Å²) in [6.07, 6.45) is 5.21. The number of rotatable bonds is 2. The molecule has 4 nitrogen and oxygen atoms in total. The maximum absolute atomic E-state index is 12.2. The van der Waals surface area contributed by atoms with Gasteiger partial charge in [-0.15, -0.1) is 0 Å². The van der Waals surface area contributed by atoms with Gasteiger partial charge in [-0.3, -0.25) is 9.48 Å². The second kappa shape index (κ2) is 5.21. The van der Waals surface area contributed by atoms with E-state index in [1.165, 1.54) is 6.42 Å². The van der Waals surface area contributed by atoms with Gasteiger partial charge in [0.15, 0.2) is 0 Å². The Morgan fingerprint density at radius 1 is 1.59 bits per heavy atom. The van der Waals surface area contributed by atoms with Crippen molar-refractivity contribution in [3.63, 3.8) is 0 Å². The zero-order valence-electron chi connectivity index (χ0n) is 10.3. The number of halogens is 1. The molecule has 1 fully saturated rings. The molecule has 0 radical (unpaired) electrons. The van der Waals surface area contributed by atoms with Gasteiger partial charge in [0.2, 0.25) is 5.91 Å². The first-order valence-electron chi connectivity index (χ1n) is 6.07. The molecule has 17 heavy (non-hydrogen) atoms. The Morgan fingerprint density at radius 3 is 2.94 bits per heavy atom. The maximum atomic E-state index is 12.2. The Morgan fingerprint density at radius 2 is 2.35 bits per heavy atom. The fourth-order valence-electron chi connectivity index (χ4n) is 2.27. The number of carbonyl (C=O) groups excluding carboxylic acids is 1. The quantitative estimate of drug-likeness (QED) is 0.841. The molecule has 2 rings (SSSR count). The van der Waals surface area contributed by atoms with Gasteiger partial charge in [0, 0.05) is 12.6 Å². The summed E-state index contributed by atoms with van der Waals surface area (Å²) < 4.78 is 2.71. The average molecular weight is 300 g/mol. The first kappa shape index (κ1) is 12.6. The molecule has 94 valence electrons. The van der Waals surface area contributed by atoms with Crippen molar-refractivity contribution in [2.24, 2.45) is 0 Å². The molecular weight excluding hydrogens is 282 g/mol. The van der Waals surface area contributed by atoms with Crippen molar-refractivity contribution in [1.82, 2.24) is 14.7 Å². The smallest absolute Gasteiger partial charge is 0.244 e. The van der Waals surface area contributed by atoms with E-state index in [-0.39, 0.29) is 5.91 Å². The van der Waals surface area contributed by atoms with Crippen LogP contribution in [0.2, 0.25) is 0 Å². The largest absolute Gasteiger partial charge is 0.338 e. The van der Waals surface area contributed by atoms with E-state index in [0.717, 1.165) is 29.6 Å². The Hall–Kier alpha value is -0.840. The van der Waals surface area contributed by atoms with E-state index in [0.29, 0.717) is 12.6 Å². The lowest BCUT2D eigenvalue weighted by atomic mass is 10.0. The van der Waals surface area contributed by atoms with Crippen LogP contribution in [0.5, 0.6) is 0 Å². The zero-order chi connectivity index (χ0) is 12.4. The lowest BCUT2D eigenvalue weighted by Crippen LogP contribution is -2.43. The van der Waals surface area contributed by atoms with E-state index >= 15 is 0 Å². The number of hydrogen-bond acceptors (Lipinski definition) is 2. The van der Waals surface area contributed by atoms with Gasteiger partial charge >= 0.3 is 0 Å². The molecular formula is C12H18BrN3O. The van der Waals surface area contributed by atoms with E-state index < -0.39 is 0 Å². The normalized spacial score (nSPS) is 20.6. The van der Waals surface area contributed by atoms with E-state index in [1.54, 1.807) is 10.9 Å². The van der Waals surface area contributed by atoms with Crippen LogP contribution >= 0.6 is 15.9 Å². The topological polar surface area (TPSA) is 38.1 Å². The van der Waals surface area contributed by atoms with Crippen molar-refractivity contribution in [3.05, 3.63) is 16.4 Å². The van der Waals surface area contributed by atoms with Crippen molar-refractivity contribution < 1.29 is 4.79 Å². The molecule has 1 saturated heterocycles. The fourth-order valence-corrected chi connectivity index (χ4v) is 2.57. The molecule has 1 aliphatic heterocycles. The monoisotopic (exact) mass is 299 g/mol. The van der Waals surface area contributed by atoms with Crippen LogP contribution in [0.4, 0.5) is 0 Å². The van der Waals surface area contributed by atoms with Crippen molar-refractivity contribution >= 4 is 21.8 Å². The SMILES string of the molecule is Cc1c(Br)cnn1CC(=O)N1CCCC[C@@H]1C. The summed E-state index contributed by atoms with van der Waals surface area (Å²) in [6, 6.07) is 0.371. The van der Waals surface area contributed by atoms with Crippen molar-refractivity contribution in [1.29, 1.82) is 0 Å². The standard InChI is InChI=1S/C12H18BrN3O/c1-9-5-3-4-6-15(9)12(17)8-16-10(2)11(13)7-14-16/h7,9H,3-6,8H2,1-2H3/t9-/m0/s1. The minimum absolute atomic E-state index is 0.177. The second-order valence-corrected chi connectivity index (χ2v) is 5.52. The fraction of sp³-hybridized carbons (Fsp3) is 0.667. The lowest BCUT2D eigenvalue weighted by Gasteiger charge is -2.33. The highest BCUT2D eigenvalue weighted by molar-refractivity contribution is 9.10. The van der Waals surface area contributed by atoms with E-state index in [9.17, 15) is 4.79 Å². The highest BCUT2D eigenvalue weighted by Crippen LogP contribution is 2.18. The van der Waals surface area contributed by atoms with Crippen LogP contribution in [0.3, 0.4) is 0 Å². The summed E-state index contributed by atoms with van der Waals surface area (Å²) in [5, 5.41) is 4.20. The molecule has 5 heteroatoms. The molecule has 0 saturated carbocycles. The van der Waals surface area contributed by atoms with E-state index in [4.69, 9.17) is 0 Å². The summed E-state index contributed by atoms with van der Waals surface area (Å²) in [7, 11) is 0. The minimum atomic E-state index is 0.177. The highest BCUT2D eigenvalue weighted by Gasteiger charge is 2.23. The maximum Gasteiger partial charge on any atom is 0.244 e. The molecule has 0 bridgehead atoms. The zero-order valence-corrected chi connectivity index (χ0v) is 11.9. The summed E-state index contributed by atoms with van der Waals surface area (Å²) in [4.78, 5) is 14.2. The van der Waals surface area contributed by atoms with Gasteiger partial charge in [0.25, 0.3) is 0 Å². The second-order valence-electron chi connectivity index (χ2n) is 4.67. The predicted octanol–water partition coefficient (Wildman–Crippen LogP) is 2.36. The Labute approximate surface area is 110 Å². The Bertz CT molecular complexity index is 416. The van der Waals surface area contributed by atoms with Crippen LogP contribution in [-0.4, -0.2) is 33.2 Å². The summed E-state index contributed by atoms with van der Waals surface area (Å²) >= 11 is 3.41. The molecule has 1 amide bonds. The van der Waals surface area contributed by atoms with Crippen LogP contribution < -0.4 is 0 Å². The first-order valence-corrected chi connectivity index (χ1v) is 6.86. The molecule has 0 aromatic carbocycles. The molecule has 2 heterocycles. The van der Waals surface area contributed by atoms with Gasteiger partial charge < -0.3 is 4.90 Å². The highest BCUT2D eigenvalue weighted by atomic mass is 79.9. The molecule has 0 spiro atoms. The lowest BCUT2D eigenvalue weighted by molar-refractivity contribution is -0.135. The van der Waals surface area contributed by atoms with E-state index in [2.05, 4.69) is 28.0 Å². The third-order valence-electron chi connectivity index (χ3n) is 3.45. The molecule has 0 N–H and O–H groups in total. The van der Waals surface area contributed by atoms with Gasteiger partial charge in [0.1, 0.15) is 6.54 Å².